The summed E-state index contributed by atoms with van der Waals surface area (Å²) < 4.78 is 0. The molecule has 1 atom stereocenters. The molecule has 84 valence electrons. The molecule has 1 unspecified atom stereocenters. The van der Waals surface area contributed by atoms with Gasteiger partial charge in [0.25, 0.3) is 0 Å². The molecule has 0 radical (unpaired) electrons. The van der Waals surface area contributed by atoms with Gasteiger partial charge in [-0.2, -0.15) is 11.8 Å². The van der Waals surface area contributed by atoms with Crippen LogP contribution < -0.4 is 5.32 Å². The van der Waals surface area contributed by atoms with E-state index in [-0.39, 0.29) is 0 Å². The first-order valence-corrected chi connectivity index (χ1v) is 6.62. The van der Waals surface area contributed by atoms with Crippen LogP contribution in [0.2, 0.25) is 0 Å². The van der Waals surface area contributed by atoms with Gasteiger partial charge in [-0.25, -0.2) is 0 Å². The molecule has 0 amide bonds. The lowest BCUT2D eigenvalue weighted by atomic mass is 10.2. The molecule has 0 bridgehead atoms. The minimum atomic E-state index is 0.588. The number of nitrogens with one attached hydrogen (secondary N) is 1. The standard InChI is InChI=1S/C13H21NS/c1-11(2)14-9-12(3)15-10-13-7-5-4-6-8-13/h4-8,11-12,14H,9-10H2,1-3H3. The van der Waals surface area contributed by atoms with Crippen LogP contribution in [0, 0.1) is 0 Å². The first-order chi connectivity index (χ1) is 7.18. The quantitative estimate of drug-likeness (QED) is 0.794. The van der Waals surface area contributed by atoms with E-state index in [4.69, 9.17) is 0 Å². The molecule has 2 heteroatoms. The van der Waals surface area contributed by atoms with Crippen LogP contribution in [-0.4, -0.2) is 17.8 Å². The summed E-state index contributed by atoms with van der Waals surface area (Å²) in [6, 6.07) is 11.2. The van der Waals surface area contributed by atoms with E-state index >= 15 is 0 Å². The molecule has 0 aliphatic carbocycles. The van der Waals surface area contributed by atoms with E-state index in [1.165, 1.54) is 5.56 Å². The summed E-state index contributed by atoms with van der Waals surface area (Å²) in [4.78, 5) is 0. The van der Waals surface area contributed by atoms with Crippen LogP contribution in [-0.2, 0) is 5.75 Å². The lowest BCUT2D eigenvalue weighted by Gasteiger charge is -2.14. The maximum Gasteiger partial charge on any atom is 0.0187 e. The summed E-state index contributed by atoms with van der Waals surface area (Å²) in [5.74, 6) is 1.11. The van der Waals surface area contributed by atoms with E-state index in [1.54, 1.807) is 0 Å². The van der Waals surface area contributed by atoms with Crippen LogP contribution >= 0.6 is 11.8 Å². The van der Waals surface area contributed by atoms with Gasteiger partial charge in [0.1, 0.15) is 0 Å². The van der Waals surface area contributed by atoms with Crippen molar-refractivity contribution in [2.75, 3.05) is 6.54 Å². The average Bonchev–Trinajstić information content (AvgIpc) is 2.25. The number of hydrogen-bond acceptors (Lipinski definition) is 2. The molecular weight excluding hydrogens is 202 g/mol. The lowest BCUT2D eigenvalue weighted by molar-refractivity contribution is 0.589. The zero-order chi connectivity index (χ0) is 11.1. The van der Waals surface area contributed by atoms with E-state index < -0.39 is 0 Å². The topological polar surface area (TPSA) is 12.0 Å². The van der Waals surface area contributed by atoms with Crippen molar-refractivity contribution in [2.24, 2.45) is 0 Å². The Bertz CT molecular complexity index is 258. The molecule has 0 aliphatic rings. The first-order valence-electron chi connectivity index (χ1n) is 5.57. The lowest BCUT2D eigenvalue weighted by Crippen LogP contribution is -2.29. The summed E-state index contributed by atoms with van der Waals surface area (Å²) in [6.45, 7) is 7.75. The van der Waals surface area contributed by atoms with Crippen molar-refractivity contribution in [2.45, 2.75) is 37.8 Å². The Labute approximate surface area is 97.7 Å². The van der Waals surface area contributed by atoms with Gasteiger partial charge in [-0.1, -0.05) is 51.1 Å². The summed E-state index contributed by atoms with van der Waals surface area (Å²) >= 11 is 2.01. The van der Waals surface area contributed by atoms with E-state index in [9.17, 15) is 0 Å². The Morgan fingerprint density at radius 1 is 1.13 bits per heavy atom. The van der Waals surface area contributed by atoms with Gasteiger partial charge in [-0.05, 0) is 5.56 Å². The maximum atomic E-state index is 3.46. The number of rotatable bonds is 6. The van der Waals surface area contributed by atoms with E-state index in [2.05, 4.69) is 56.4 Å². The molecule has 0 spiro atoms. The van der Waals surface area contributed by atoms with Crippen LogP contribution in [0.15, 0.2) is 30.3 Å². The summed E-state index contributed by atoms with van der Waals surface area (Å²) in [5, 5.41) is 4.13. The minimum Gasteiger partial charge on any atom is -0.313 e. The van der Waals surface area contributed by atoms with Gasteiger partial charge >= 0.3 is 0 Å². The Balaban J connectivity index is 2.19. The molecule has 0 saturated heterocycles. The van der Waals surface area contributed by atoms with Crippen LogP contribution in [0.4, 0.5) is 0 Å². The molecule has 0 aromatic heterocycles. The molecule has 1 aromatic carbocycles. The average molecular weight is 223 g/mol. The third kappa shape index (κ3) is 5.85. The third-order valence-electron chi connectivity index (χ3n) is 2.19. The summed E-state index contributed by atoms with van der Waals surface area (Å²) in [5.41, 5.74) is 1.42. The Kier molecular flexibility index (Phi) is 5.81. The maximum absolute atomic E-state index is 3.46. The van der Waals surface area contributed by atoms with Crippen molar-refractivity contribution in [1.82, 2.24) is 5.32 Å². The second-order valence-corrected chi connectivity index (χ2v) is 5.60. The molecule has 1 nitrogen and oxygen atoms in total. The summed E-state index contributed by atoms with van der Waals surface area (Å²) in [7, 11) is 0. The van der Waals surface area contributed by atoms with Crippen LogP contribution in [0.1, 0.15) is 26.3 Å². The predicted molar refractivity (Wildman–Crippen MR) is 70.3 cm³/mol. The Hall–Kier alpha value is -0.470. The number of hydrogen-bond donors (Lipinski definition) is 1. The predicted octanol–water partition coefficient (Wildman–Crippen LogP) is 3.31. The van der Waals surface area contributed by atoms with Crippen molar-refractivity contribution < 1.29 is 0 Å². The molecule has 1 aromatic rings. The highest BCUT2D eigenvalue weighted by molar-refractivity contribution is 7.99. The third-order valence-corrected chi connectivity index (χ3v) is 3.43. The molecule has 0 heterocycles. The zero-order valence-electron chi connectivity index (χ0n) is 9.86. The normalized spacial score (nSPS) is 13.1. The van der Waals surface area contributed by atoms with Crippen LogP contribution in [0.25, 0.3) is 0 Å². The second kappa shape index (κ2) is 6.91. The monoisotopic (exact) mass is 223 g/mol. The molecule has 1 rings (SSSR count). The van der Waals surface area contributed by atoms with Gasteiger partial charge in [0.2, 0.25) is 0 Å². The summed E-state index contributed by atoms with van der Waals surface area (Å²) in [6.07, 6.45) is 0. The van der Waals surface area contributed by atoms with Gasteiger partial charge in [-0.3, -0.25) is 0 Å². The van der Waals surface area contributed by atoms with Gasteiger partial charge < -0.3 is 5.32 Å². The van der Waals surface area contributed by atoms with Crippen molar-refractivity contribution in [3.63, 3.8) is 0 Å². The van der Waals surface area contributed by atoms with Gasteiger partial charge in [0, 0.05) is 23.6 Å². The molecule has 0 aliphatic heterocycles. The molecule has 0 fully saturated rings. The zero-order valence-corrected chi connectivity index (χ0v) is 10.7. The van der Waals surface area contributed by atoms with Crippen molar-refractivity contribution in [3.8, 4) is 0 Å². The largest absolute Gasteiger partial charge is 0.313 e. The minimum absolute atomic E-state index is 0.588. The van der Waals surface area contributed by atoms with Crippen molar-refractivity contribution in [1.29, 1.82) is 0 Å². The van der Waals surface area contributed by atoms with E-state index in [1.807, 2.05) is 11.8 Å². The van der Waals surface area contributed by atoms with Crippen LogP contribution in [0.3, 0.4) is 0 Å². The van der Waals surface area contributed by atoms with E-state index in [0.29, 0.717) is 11.3 Å². The highest BCUT2D eigenvalue weighted by Crippen LogP contribution is 2.16. The molecule has 1 N–H and O–H groups in total. The van der Waals surface area contributed by atoms with Crippen molar-refractivity contribution >= 4 is 11.8 Å². The fourth-order valence-corrected chi connectivity index (χ4v) is 2.16. The van der Waals surface area contributed by atoms with Crippen molar-refractivity contribution in [3.05, 3.63) is 35.9 Å². The number of thioether (sulfide) groups is 1. The Morgan fingerprint density at radius 3 is 2.40 bits per heavy atom. The smallest absolute Gasteiger partial charge is 0.0187 e. The highest BCUT2D eigenvalue weighted by Gasteiger charge is 2.03. The molecule has 0 saturated carbocycles. The fraction of sp³-hybridized carbons (Fsp3) is 0.538. The second-order valence-electron chi connectivity index (χ2n) is 4.17. The van der Waals surface area contributed by atoms with Gasteiger partial charge in [-0.15, -0.1) is 0 Å². The highest BCUT2D eigenvalue weighted by atomic mass is 32.2. The Morgan fingerprint density at radius 2 is 1.80 bits per heavy atom. The first kappa shape index (κ1) is 12.6. The number of benzene rings is 1. The SMILES string of the molecule is CC(C)NCC(C)SCc1ccccc1. The fourth-order valence-electron chi connectivity index (χ4n) is 1.27. The van der Waals surface area contributed by atoms with E-state index in [0.717, 1.165) is 12.3 Å². The van der Waals surface area contributed by atoms with Gasteiger partial charge in [0.05, 0.1) is 0 Å². The van der Waals surface area contributed by atoms with Gasteiger partial charge in [0.15, 0.2) is 0 Å². The van der Waals surface area contributed by atoms with Crippen LogP contribution in [0.5, 0.6) is 0 Å². The molecular formula is C13H21NS. The molecule has 15 heavy (non-hydrogen) atoms.